The Kier molecular flexibility index (Phi) is 4.53. The molecule has 112 valence electrons. The highest BCUT2D eigenvalue weighted by atomic mass is 32.2. The van der Waals surface area contributed by atoms with E-state index < -0.39 is 0 Å². The minimum atomic E-state index is 0.0352. The van der Waals surface area contributed by atoms with Crippen LogP contribution in [0.5, 0.6) is 0 Å². The molecule has 0 radical (unpaired) electrons. The van der Waals surface area contributed by atoms with Crippen LogP contribution in [0.4, 0.5) is 0 Å². The van der Waals surface area contributed by atoms with Gasteiger partial charge in [-0.15, -0.1) is 0 Å². The van der Waals surface area contributed by atoms with Crippen LogP contribution in [0.2, 0.25) is 0 Å². The predicted octanol–water partition coefficient (Wildman–Crippen LogP) is 3.14. The van der Waals surface area contributed by atoms with Crippen molar-refractivity contribution in [2.45, 2.75) is 12.7 Å². The summed E-state index contributed by atoms with van der Waals surface area (Å²) in [7, 11) is 0. The topological polar surface area (TPSA) is 45.6 Å². The maximum Gasteiger partial charge on any atom is 0.260 e. The molecule has 0 saturated carbocycles. The van der Waals surface area contributed by atoms with Gasteiger partial charge in [-0.1, -0.05) is 36.0 Å². The summed E-state index contributed by atoms with van der Waals surface area (Å²) in [4.78, 5) is 23.1. The molecular weight excluding hydrogens is 294 g/mol. The van der Waals surface area contributed by atoms with E-state index in [1.54, 1.807) is 22.9 Å². The Morgan fingerprint density at radius 1 is 1.27 bits per heavy atom. The first-order valence-corrected chi connectivity index (χ1v) is 8.18. The highest BCUT2D eigenvalue weighted by molar-refractivity contribution is 8.13. The number of amides is 1. The van der Waals surface area contributed by atoms with Gasteiger partial charge in [-0.2, -0.15) is 0 Å². The largest absolute Gasteiger partial charge is 0.286 e. The standard InChI is InChI=1S/C17H17N3OS/c1-13-5-2-3-7-15(13)16(21)20-10-9-19-17(20)22-12-14-6-4-8-18-11-14/h2-8,11H,9-10,12H2,1H3. The molecule has 1 amide bonds. The van der Waals surface area contributed by atoms with Crippen molar-refractivity contribution >= 4 is 22.8 Å². The second-order valence-electron chi connectivity index (χ2n) is 5.09. The SMILES string of the molecule is Cc1ccccc1C(=O)N1CCN=C1SCc1cccnc1. The maximum atomic E-state index is 12.7. The van der Waals surface area contributed by atoms with E-state index in [2.05, 4.69) is 9.98 Å². The Morgan fingerprint density at radius 2 is 2.14 bits per heavy atom. The van der Waals surface area contributed by atoms with Gasteiger partial charge in [0.05, 0.1) is 6.54 Å². The van der Waals surface area contributed by atoms with Crippen molar-refractivity contribution in [3.63, 3.8) is 0 Å². The number of aryl methyl sites for hydroxylation is 1. The first-order chi connectivity index (χ1) is 10.8. The zero-order valence-electron chi connectivity index (χ0n) is 12.4. The van der Waals surface area contributed by atoms with Gasteiger partial charge in [0, 0.05) is 30.3 Å². The van der Waals surface area contributed by atoms with Crippen LogP contribution in [0.3, 0.4) is 0 Å². The van der Waals surface area contributed by atoms with Crippen molar-refractivity contribution in [3.05, 3.63) is 65.5 Å². The van der Waals surface area contributed by atoms with Gasteiger partial charge in [-0.3, -0.25) is 19.7 Å². The molecule has 0 aliphatic carbocycles. The summed E-state index contributed by atoms with van der Waals surface area (Å²) in [6, 6.07) is 11.6. The van der Waals surface area contributed by atoms with Gasteiger partial charge in [0.25, 0.3) is 5.91 Å². The summed E-state index contributed by atoms with van der Waals surface area (Å²) in [5, 5.41) is 0.803. The molecule has 1 aromatic heterocycles. The Hall–Kier alpha value is -2.14. The van der Waals surface area contributed by atoms with Gasteiger partial charge < -0.3 is 0 Å². The highest BCUT2D eigenvalue weighted by Crippen LogP contribution is 2.22. The third-order valence-electron chi connectivity index (χ3n) is 3.51. The number of thioether (sulfide) groups is 1. The lowest BCUT2D eigenvalue weighted by Gasteiger charge is -2.18. The highest BCUT2D eigenvalue weighted by Gasteiger charge is 2.25. The van der Waals surface area contributed by atoms with Crippen LogP contribution in [0.1, 0.15) is 21.5 Å². The van der Waals surface area contributed by atoms with Gasteiger partial charge in [-0.05, 0) is 30.2 Å². The Bertz CT molecular complexity index is 700. The smallest absolute Gasteiger partial charge is 0.260 e. The lowest BCUT2D eigenvalue weighted by molar-refractivity contribution is 0.0860. The zero-order chi connectivity index (χ0) is 15.4. The van der Waals surface area contributed by atoms with Gasteiger partial charge in [0.2, 0.25) is 0 Å². The van der Waals surface area contributed by atoms with Crippen molar-refractivity contribution in [2.24, 2.45) is 4.99 Å². The van der Waals surface area contributed by atoms with Crippen LogP contribution < -0.4 is 0 Å². The fourth-order valence-electron chi connectivity index (χ4n) is 2.33. The molecule has 0 atom stereocenters. The first kappa shape index (κ1) is 14.8. The minimum Gasteiger partial charge on any atom is -0.286 e. The normalized spacial score (nSPS) is 14.0. The van der Waals surface area contributed by atoms with E-state index in [-0.39, 0.29) is 5.91 Å². The van der Waals surface area contributed by atoms with Crippen molar-refractivity contribution < 1.29 is 4.79 Å². The number of nitrogens with zero attached hydrogens (tertiary/aromatic N) is 3. The molecule has 0 fully saturated rings. The van der Waals surface area contributed by atoms with E-state index in [9.17, 15) is 4.79 Å². The molecule has 1 aliphatic heterocycles. The average Bonchev–Trinajstić information content (AvgIpc) is 3.02. The van der Waals surface area contributed by atoms with Crippen LogP contribution in [-0.2, 0) is 5.75 Å². The van der Waals surface area contributed by atoms with E-state index in [1.165, 1.54) is 0 Å². The molecule has 3 rings (SSSR count). The molecule has 2 heterocycles. The van der Waals surface area contributed by atoms with Crippen molar-refractivity contribution in [1.82, 2.24) is 9.88 Å². The van der Waals surface area contributed by atoms with Crippen LogP contribution in [-0.4, -0.2) is 34.0 Å². The fourth-order valence-corrected chi connectivity index (χ4v) is 3.31. The van der Waals surface area contributed by atoms with E-state index in [4.69, 9.17) is 0 Å². The molecule has 1 aliphatic rings. The minimum absolute atomic E-state index is 0.0352. The fraction of sp³-hybridized carbons (Fsp3) is 0.235. The number of hydrogen-bond acceptors (Lipinski definition) is 4. The molecule has 22 heavy (non-hydrogen) atoms. The van der Waals surface area contributed by atoms with E-state index >= 15 is 0 Å². The number of aliphatic imine (C=N–C) groups is 1. The number of rotatable bonds is 3. The molecule has 0 saturated heterocycles. The molecule has 1 aromatic carbocycles. The average molecular weight is 311 g/mol. The Balaban J connectivity index is 1.70. The molecule has 0 unspecified atom stereocenters. The second-order valence-corrected chi connectivity index (χ2v) is 6.03. The number of amidine groups is 1. The molecule has 0 spiro atoms. The van der Waals surface area contributed by atoms with Gasteiger partial charge in [0.1, 0.15) is 0 Å². The summed E-state index contributed by atoms with van der Waals surface area (Å²) < 4.78 is 0. The summed E-state index contributed by atoms with van der Waals surface area (Å²) in [6.45, 7) is 3.29. The van der Waals surface area contributed by atoms with Gasteiger partial charge >= 0.3 is 0 Å². The molecule has 0 bridgehead atoms. The number of benzene rings is 1. The summed E-state index contributed by atoms with van der Waals surface area (Å²) >= 11 is 1.59. The van der Waals surface area contributed by atoms with Gasteiger partial charge in [0.15, 0.2) is 5.17 Å². The van der Waals surface area contributed by atoms with E-state index in [0.717, 1.165) is 27.6 Å². The van der Waals surface area contributed by atoms with E-state index in [0.29, 0.717) is 13.1 Å². The molecule has 0 N–H and O–H groups in total. The van der Waals surface area contributed by atoms with Crippen molar-refractivity contribution in [1.29, 1.82) is 0 Å². The van der Waals surface area contributed by atoms with Crippen LogP contribution >= 0.6 is 11.8 Å². The van der Waals surface area contributed by atoms with E-state index in [1.807, 2.05) is 49.5 Å². The number of carbonyl (C=O) groups is 1. The number of pyridine rings is 1. The Morgan fingerprint density at radius 3 is 2.91 bits per heavy atom. The zero-order valence-corrected chi connectivity index (χ0v) is 13.2. The first-order valence-electron chi connectivity index (χ1n) is 7.19. The lowest BCUT2D eigenvalue weighted by Crippen LogP contribution is -2.33. The van der Waals surface area contributed by atoms with Crippen LogP contribution in [0.15, 0.2) is 53.8 Å². The second kappa shape index (κ2) is 6.75. The number of aromatic nitrogens is 1. The monoisotopic (exact) mass is 311 g/mol. The molecular formula is C17H17N3OS. The van der Waals surface area contributed by atoms with Crippen molar-refractivity contribution in [3.8, 4) is 0 Å². The third-order valence-corrected chi connectivity index (χ3v) is 4.60. The number of hydrogen-bond donors (Lipinski definition) is 0. The summed E-state index contributed by atoms with van der Waals surface area (Å²) in [5.74, 6) is 0.803. The van der Waals surface area contributed by atoms with Gasteiger partial charge in [-0.25, -0.2) is 0 Å². The summed E-state index contributed by atoms with van der Waals surface area (Å²) in [5.41, 5.74) is 2.88. The molecule has 5 heteroatoms. The molecule has 2 aromatic rings. The summed E-state index contributed by atoms with van der Waals surface area (Å²) in [6.07, 6.45) is 3.60. The lowest BCUT2D eigenvalue weighted by atomic mass is 10.1. The van der Waals surface area contributed by atoms with Crippen molar-refractivity contribution in [2.75, 3.05) is 13.1 Å². The van der Waals surface area contributed by atoms with Crippen LogP contribution in [0, 0.1) is 6.92 Å². The third kappa shape index (κ3) is 3.20. The quantitative estimate of drug-likeness (QED) is 0.875. The van der Waals surface area contributed by atoms with Crippen LogP contribution in [0.25, 0.3) is 0 Å². The number of carbonyl (C=O) groups excluding carboxylic acids is 1. The predicted molar refractivity (Wildman–Crippen MR) is 90.0 cm³/mol. The molecule has 4 nitrogen and oxygen atoms in total. The Labute approximate surface area is 134 Å². The maximum absolute atomic E-state index is 12.7.